The van der Waals surface area contributed by atoms with E-state index >= 15 is 0 Å². The number of nitrogens with zero attached hydrogens (tertiary/aromatic N) is 5. The van der Waals surface area contributed by atoms with Gasteiger partial charge in [0.15, 0.2) is 0 Å². The molecule has 0 bridgehead atoms. The molecular formula is C22H29BrN6O. The Kier molecular flexibility index (Phi) is 8.09. The number of rotatable bonds is 7. The first-order valence-corrected chi connectivity index (χ1v) is 11.5. The molecule has 1 aromatic rings. The summed E-state index contributed by atoms with van der Waals surface area (Å²) >= 11 is 3.50. The number of unbranched alkanes of at least 4 members (excludes halogenated alkanes) is 1. The summed E-state index contributed by atoms with van der Waals surface area (Å²) in [6.07, 6.45) is 4.22. The van der Waals surface area contributed by atoms with Crippen LogP contribution in [0.3, 0.4) is 0 Å². The molecule has 0 radical (unpaired) electrons. The lowest BCUT2D eigenvalue weighted by molar-refractivity contribution is -0.132. The number of hydrogen-bond acceptors (Lipinski definition) is 6. The Morgan fingerprint density at radius 3 is 2.67 bits per heavy atom. The maximum absolute atomic E-state index is 12.5. The van der Waals surface area contributed by atoms with Gasteiger partial charge in [0.2, 0.25) is 5.91 Å². The van der Waals surface area contributed by atoms with Gasteiger partial charge in [-0.2, -0.15) is 10.5 Å². The predicted molar refractivity (Wildman–Crippen MR) is 120 cm³/mol. The number of benzene rings is 1. The monoisotopic (exact) mass is 472 g/mol. The largest absolute Gasteiger partial charge is 0.368 e. The van der Waals surface area contributed by atoms with Crippen molar-refractivity contribution in [2.45, 2.75) is 44.2 Å². The standard InChI is InChI=1S/C22H29BrN6O/c23-18-7-6-17(15-24)21(14-18)28-12-10-27(11-13-28)8-2-1-5-20(26)22(30)29-9-3-4-19(29)16-25/h6-7,14,19-20H,1-5,8-13,26H2/t19-,20-/m0/s1. The summed E-state index contributed by atoms with van der Waals surface area (Å²) in [4.78, 5) is 18.8. The van der Waals surface area contributed by atoms with Crippen molar-refractivity contribution in [1.82, 2.24) is 9.80 Å². The third-order valence-corrected chi connectivity index (χ3v) is 6.53. The Bertz CT molecular complexity index is 824. The van der Waals surface area contributed by atoms with E-state index in [1.165, 1.54) is 0 Å². The third kappa shape index (κ3) is 5.51. The van der Waals surface area contributed by atoms with Crippen LogP contribution in [0.15, 0.2) is 22.7 Å². The van der Waals surface area contributed by atoms with Crippen molar-refractivity contribution in [3.63, 3.8) is 0 Å². The first-order chi connectivity index (χ1) is 14.5. The molecular weight excluding hydrogens is 444 g/mol. The minimum Gasteiger partial charge on any atom is -0.368 e. The highest BCUT2D eigenvalue weighted by molar-refractivity contribution is 9.10. The second-order valence-electron chi connectivity index (χ2n) is 8.02. The van der Waals surface area contributed by atoms with Crippen molar-refractivity contribution < 1.29 is 4.79 Å². The fourth-order valence-corrected chi connectivity index (χ4v) is 4.62. The van der Waals surface area contributed by atoms with Crippen molar-refractivity contribution in [2.75, 3.05) is 44.2 Å². The van der Waals surface area contributed by atoms with Crippen LogP contribution in [-0.4, -0.2) is 67.1 Å². The molecule has 2 aliphatic heterocycles. The van der Waals surface area contributed by atoms with Gasteiger partial charge >= 0.3 is 0 Å². The summed E-state index contributed by atoms with van der Waals surface area (Å²) in [6.45, 7) is 5.35. The van der Waals surface area contributed by atoms with Gasteiger partial charge in [-0.15, -0.1) is 0 Å². The number of amides is 1. The van der Waals surface area contributed by atoms with Crippen molar-refractivity contribution in [3.05, 3.63) is 28.2 Å². The number of halogens is 1. The van der Waals surface area contributed by atoms with Crippen LogP contribution in [0.1, 0.15) is 37.7 Å². The third-order valence-electron chi connectivity index (χ3n) is 6.03. The van der Waals surface area contributed by atoms with Crippen molar-refractivity contribution in [1.29, 1.82) is 10.5 Å². The van der Waals surface area contributed by atoms with Gasteiger partial charge in [0.25, 0.3) is 0 Å². The number of likely N-dealkylation sites (tertiary alicyclic amines) is 1. The molecule has 1 amide bonds. The van der Waals surface area contributed by atoms with Gasteiger partial charge in [-0.3, -0.25) is 9.69 Å². The lowest BCUT2D eigenvalue weighted by Crippen LogP contribution is -2.47. The predicted octanol–water partition coefficient (Wildman–Crippen LogP) is 2.45. The molecule has 8 heteroatoms. The van der Waals surface area contributed by atoms with Gasteiger partial charge in [-0.05, 0) is 50.4 Å². The van der Waals surface area contributed by atoms with Gasteiger partial charge in [0.05, 0.1) is 23.4 Å². The molecule has 0 aromatic heterocycles. The van der Waals surface area contributed by atoms with Gasteiger partial charge in [0, 0.05) is 37.2 Å². The average molecular weight is 473 g/mol. The van der Waals surface area contributed by atoms with Crippen LogP contribution in [0.2, 0.25) is 0 Å². The van der Waals surface area contributed by atoms with E-state index in [4.69, 9.17) is 11.0 Å². The zero-order chi connectivity index (χ0) is 21.5. The lowest BCUT2D eigenvalue weighted by Gasteiger charge is -2.36. The molecule has 2 saturated heterocycles. The lowest BCUT2D eigenvalue weighted by atomic mass is 10.1. The van der Waals surface area contributed by atoms with Crippen LogP contribution in [0.5, 0.6) is 0 Å². The fourth-order valence-electron chi connectivity index (χ4n) is 4.27. The zero-order valence-electron chi connectivity index (χ0n) is 17.3. The van der Waals surface area contributed by atoms with E-state index in [9.17, 15) is 10.1 Å². The number of carbonyl (C=O) groups excluding carboxylic acids is 1. The Hall–Kier alpha value is -2.13. The van der Waals surface area contributed by atoms with Crippen LogP contribution >= 0.6 is 15.9 Å². The molecule has 0 saturated carbocycles. The maximum atomic E-state index is 12.5. The molecule has 160 valence electrons. The quantitative estimate of drug-likeness (QED) is 0.611. The van der Waals surface area contributed by atoms with Crippen LogP contribution in [0.4, 0.5) is 5.69 Å². The summed E-state index contributed by atoms with van der Waals surface area (Å²) in [5.74, 6) is -0.0741. The number of nitriles is 2. The number of hydrogen-bond donors (Lipinski definition) is 1. The Morgan fingerprint density at radius 1 is 1.20 bits per heavy atom. The molecule has 3 rings (SSSR count). The topological polar surface area (TPSA) is 100 Å². The molecule has 1 aromatic carbocycles. The zero-order valence-corrected chi connectivity index (χ0v) is 18.9. The highest BCUT2D eigenvalue weighted by Crippen LogP contribution is 2.26. The number of nitrogens with two attached hydrogens (primary N) is 1. The Balaban J connectivity index is 1.37. The van der Waals surface area contributed by atoms with Crippen molar-refractivity contribution in [2.24, 2.45) is 5.73 Å². The second-order valence-corrected chi connectivity index (χ2v) is 8.94. The highest BCUT2D eigenvalue weighted by atomic mass is 79.9. The SMILES string of the molecule is N#Cc1ccc(Br)cc1N1CCN(CCCC[C@H](N)C(=O)N2CCC[C@H]2C#N)CC1. The number of carbonyl (C=O) groups is 1. The molecule has 2 aliphatic rings. The van der Waals surface area contributed by atoms with Gasteiger partial charge in [-0.25, -0.2) is 0 Å². The minimum atomic E-state index is -0.503. The molecule has 0 spiro atoms. The van der Waals surface area contributed by atoms with Crippen LogP contribution in [0.25, 0.3) is 0 Å². The fraction of sp³-hybridized carbons (Fsp3) is 0.591. The first-order valence-electron chi connectivity index (χ1n) is 10.7. The Morgan fingerprint density at radius 2 is 1.97 bits per heavy atom. The summed E-state index contributed by atoms with van der Waals surface area (Å²) in [5, 5.41) is 18.5. The average Bonchev–Trinajstić information content (AvgIpc) is 3.25. The molecule has 2 N–H and O–H groups in total. The summed E-state index contributed by atoms with van der Waals surface area (Å²) in [7, 11) is 0. The van der Waals surface area contributed by atoms with Gasteiger partial charge in [0.1, 0.15) is 12.1 Å². The second kappa shape index (κ2) is 10.8. The van der Waals surface area contributed by atoms with Crippen molar-refractivity contribution in [3.8, 4) is 12.1 Å². The van der Waals surface area contributed by atoms with E-state index in [0.717, 1.165) is 68.6 Å². The van der Waals surface area contributed by atoms with E-state index in [2.05, 4.69) is 37.9 Å². The Labute approximate surface area is 187 Å². The molecule has 2 atom stereocenters. The van der Waals surface area contributed by atoms with Crippen LogP contribution in [-0.2, 0) is 4.79 Å². The van der Waals surface area contributed by atoms with Gasteiger partial charge < -0.3 is 15.5 Å². The maximum Gasteiger partial charge on any atom is 0.240 e. The van der Waals surface area contributed by atoms with E-state index in [1.54, 1.807) is 4.90 Å². The van der Waals surface area contributed by atoms with Crippen LogP contribution < -0.4 is 10.6 Å². The molecule has 2 heterocycles. The number of anilines is 1. The van der Waals surface area contributed by atoms with Crippen LogP contribution in [0, 0.1) is 22.7 Å². The smallest absolute Gasteiger partial charge is 0.240 e. The molecule has 30 heavy (non-hydrogen) atoms. The summed E-state index contributed by atoms with van der Waals surface area (Å²) < 4.78 is 0.986. The highest BCUT2D eigenvalue weighted by Gasteiger charge is 2.31. The normalized spacial score (nSPS) is 20.6. The van der Waals surface area contributed by atoms with Gasteiger partial charge in [-0.1, -0.05) is 22.4 Å². The summed E-state index contributed by atoms with van der Waals surface area (Å²) in [5.41, 5.74) is 7.81. The van der Waals surface area contributed by atoms with Crippen molar-refractivity contribution >= 4 is 27.5 Å². The molecule has 0 unspecified atom stereocenters. The summed E-state index contributed by atoms with van der Waals surface area (Å²) in [6, 6.07) is 9.46. The molecule has 7 nitrogen and oxygen atoms in total. The van der Waals surface area contributed by atoms with E-state index in [-0.39, 0.29) is 11.9 Å². The van der Waals surface area contributed by atoms with E-state index in [0.29, 0.717) is 18.5 Å². The van der Waals surface area contributed by atoms with E-state index in [1.807, 2.05) is 18.2 Å². The minimum absolute atomic E-state index is 0.0741. The first kappa shape index (κ1) is 22.6. The molecule has 2 fully saturated rings. The molecule has 0 aliphatic carbocycles. The number of piperazine rings is 1. The van der Waals surface area contributed by atoms with E-state index < -0.39 is 6.04 Å².